The number of fused-ring (bicyclic) bond motifs is 3. The van der Waals surface area contributed by atoms with E-state index in [-0.39, 0.29) is 17.3 Å². The van der Waals surface area contributed by atoms with Gasteiger partial charge in [0.15, 0.2) is 0 Å². The van der Waals surface area contributed by atoms with E-state index in [1.165, 1.54) is 26.2 Å². The first kappa shape index (κ1) is 21.7. The van der Waals surface area contributed by atoms with E-state index in [2.05, 4.69) is 10.6 Å². The molecule has 0 aliphatic carbocycles. The molecule has 32 heavy (non-hydrogen) atoms. The Labute approximate surface area is 185 Å². The molecule has 0 saturated heterocycles. The van der Waals surface area contributed by atoms with Gasteiger partial charge in [-0.05, 0) is 36.4 Å². The Bertz CT molecular complexity index is 1390. The third-order valence-electron chi connectivity index (χ3n) is 5.05. The molecule has 2 N–H and O–H groups in total. The molecule has 0 radical (unpaired) electrons. The van der Waals surface area contributed by atoms with E-state index in [4.69, 9.17) is 9.15 Å². The summed E-state index contributed by atoms with van der Waals surface area (Å²) in [5.41, 5.74) is 2.59. The lowest BCUT2D eigenvalue weighted by Gasteiger charge is -2.13. The first-order valence-corrected chi connectivity index (χ1v) is 11.3. The van der Waals surface area contributed by atoms with E-state index < -0.39 is 10.0 Å². The Hall–Kier alpha value is -3.56. The number of hydrogen-bond donors (Lipinski definition) is 2. The van der Waals surface area contributed by atoms with Gasteiger partial charge in [-0.3, -0.25) is 4.79 Å². The summed E-state index contributed by atoms with van der Waals surface area (Å²) in [6, 6.07) is 17.4. The zero-order valence-corrected chi connectivity index (χ0v) is 18.7. The molecule has 1 heterocycles. The van der Waals surface area contributed by atoms with Crippen molar-refractivity contribution in [3.05, 3.63) is 60.7 Å². The van der Waals surface area contributed by atoms with Crippen LogP contribution in [0.4, 0.5) is 11.4 Å². The van der Waals surface area contributed by atoms with Crippen LogP contribution in [-0.4, -0.2) is 46.4 Å². The average molecular weight is 454 g/mol. The molecule has 0 atom stereocenters. The second kappa shape index (κ2) is 8.52. The number of carbonyl (C=O) groups excluding carboxylic acids is 1. The summed E-state index contributed by atoms with van der Waals surface area (Å²) >= 11 is 0. The molecule has 0 saturated carbocycles. The second-order valence-electron chi connectivity index (χ2n) is 7.36. The molecule has 0 fully saturated rings. The summed E-state index contributed by atoms with van der Waals surface area (Å²) in [7, 11) is 0.981. The van der Waals surface area contributed by atoms with Crippen LogP contribution in [0, 0.1) is 0 Å². The van der Waals surface area contributed by atoms with Crippen LogP contribution in [0.25, 0.3) is 21.9 Å². The van der Waals surface area contributed by atoms with E-state index in [9.17, 15) is 13.2 Å². The van der Waals surface area contributed by atoms with Gasteiger partial charge in [0.05, 0.1) is 24.2 Å². The highest BCUT2D eigenvalue weighted by atomic mass is 32.2. The van der Waals surface area contributed by atoms with Gasteiger partial charge in [0.1, 0.15) is 16.9 Å². The van der Waals surface area contributed by atoms with Gasteiger partial charge in [0.25, 0.3) is 0 Å². The Morgan fingerprint density at radius 3 is 2.41 bits per heavy atom. The first-order chi connectivity index (χ1) is 15.3. The molecule has 0 bridgehead atoms. The predicted molar refractivity (Wildman–Crippen MR) is 125 cm³/mol. The van der Waals surface area contributed by atoms with Crippen LogP contribution in [0.2, 0.25) is 0 Å². The van der Waals surface area contributed by atoms with Gasteiger partial charge in [-0.15, -0.1) is 0 Å². The van der Waals surface area contributed by atoms with Gasteiger partial charge in [-0.2, -0.15) is 0 Å². The fourth-order valence-corrected chi connectivity index (χ4v) is 4.26. The summed E-state index contributed by atoms with van der Waals surface area (Å²) in [4.78, 5) is 12.6. The van der Waals surface area contributed by atoms with Crippen LogP contribution in [0.1, 0.15) is 0 Å². The van der Waals surface area contributed by atoms with Crippen molar-refractivity contribution in [2.45, 2.75) is 4.90 Å². The zero-order valence-electron chi connectivity index (χ0n) is 17.9. The lowest BCUT2D eigenvalue weighted by molar-refractivity contribution is -0.114. The fourth-order valence-electron chi connectivity index (χ4n) is 3.36. The number of amides is 1. The van der Waals surface area contributed by atoms with Gasteiger partial charge in [-0.1, -0.05) is 18.2 Å². The molecule has 0 aliphatic rings. The third kappa shape index (κ3) is 4.12. The lowest BCUT2D eigenvalue weighted by Crippen LogP contribution is -2.23. The molecule has 1 amide bonds. The molecule has 9 heteroatoms. The SMILES string of the molecule is COc1cc2c(cc1NCC(=O)Nc1ccc(S(=O)(=O)N(C)C)cc1)oc1ccccc12. The van der Waals surface area contributed by atoms with Crippen LogP contribution in [0.5, 0.6) is 5.75 Å². The van der Waals surface area contributed by atoms with E-state index in [0.29, 0.717) is 22.7 Å². The van der Waals surface area contributed by atoms with Crippen molar-refractivity contribution in [1.82, 2.24) is 4.31 Å². The van der Waals surface area contributed by atoms with Crippen molar-refractivity contribution in [3.63, 3.8) is 0 Å². The topological polar surface area (TPSA) is 101 Å². The van der Waals surface area contributed by atoms with E-state index in [1.807, 2.05) is 36.4 Å². The van der Waals surface area contributed by atoms with Crippen molar-refractivity contribution in [2.24, 2.45) is 0 Å². The minimum Gasteiger partial charge on any atom is -0.495 e. The van der Waals surface area contributed by atoms with Crippen molar-refractivity contribution < 1.29 is 22.4 Å². The maximum Gasteiger partial charge on any atom is 0.243 e. The van der Waals surface area contributed by atoms with E-state index >= 15 is 0 Å². The molecule has 4 aromatic rings. The number of sulfonamides is 1. The van der Waals surface area contributed by atoms with Crippen molar-refractivity contribution in [2.75, 3.05) is 38.4 Å². The summed E-state index contributed by atoms with van der Waals surface area (Å²) in [6.45, 7) is -0.0140. The number of methoxy groups -OCH3 is 1. The molecule has 8 nitrogen and oxygen atoms in total. The average Bonchev–Trinajstić information content (AvgIpc) is 3.14. The number of anilines is 2. The van der Waals surface area contributed by atoms with Gasteiger partial charge in [0, 0.05) is 36.6 Å². The number of nitrogens with zero attached hydrogens (tertiary/aromatic N) is 1. The monoisotopic (exact) mass is 453 g/mol. The second-order valence-corrected chi connectivity index (χ2v) is 9.51. The summed E-state index contributed by atoms with van der Waals surface area (Å²) in [5, 5.41) is 7.74. The molecular formula is C23H23N3O5S. The van der Waals surface area contributed by atoms with Crippen molar-refractivity contribution >= 4 is 49.2 Å². The molecule has 3 aromatic carbocycles. The summed E-state index contributed by atoms with van der Waals surface area (Å²) < 4.78 is 36.8. The third-order valence-corrected chi connectivity index (χ3v) is 6.88. The molecule has 4 rings (SSSR count). The highest BCUT2D eigenvalue weighted by Gasteiger charge is 2.17. The molecule has 0 aliphatic heterocycles. The Morgan fingerprint density at radius 2 is 1.72 bits per heavy atom. The maximum atomic E-state index is 12.4. The predicted octanol–water partition coefficient (Wildman–Crippen LogP) is 3.90. The van der Waals surface area contributed by atoms with Gasteiger partial charge in [0.2, 0.25) is 15.9 Å². The highest BCUT2D eigenvalue weighted by Crippen LogP contribution is 2.36. The number of furan rings is 1. The van der Waals surface area contributed by atoms with Crippen LogP contribution in [-0.2, 0) is 14.8 Å². The maximum absolute atomic E-state index is 12.4. The Morgan fingerprint density at radius 1 is 1.00 bits per heavy atom. The first-order valence-electron chi connectivity index (χ1n) is 9.85. The fraction of sp³-hybridized carbons (Fsp3) is 0.174. The Kier molecular flexibility index (Phi) is 5.77. The molecule has 1 aromatic heterocycles. The number of rotatable bonds is 7. The van der Waals surface area contributed by atoms with Crippen molar-refractivity contribution in [1.29, 1.82) is 0 Å². The number of benzene rings is 3. The quantitative estimate of drug-likeness (QED) is 0.440. The van der Waals surface area contributed by atoms with Gasteiger partial charge < -0.3 is 19.8 Å². The van der Waals surface area contributed by atoms with Crippen LogP contribution in [0.3, 0.4) is 0 Å². The van der Waals surface area contributed by atoms with E-state index in [0.717, 1.165) is 20.7 Å². The normalized spacial score (nSPS) is 11.8. The number of carbonyl (C=O) groups is 1. The number of nitrogens with one attached hydrogen (secondary N) is 2. The molecule has 0 spiro atoms. The zero-order chi connectivity index (χ0) is 22.9. The van der Waals surface area contributed by atoms with Crippen molar-refractivity contribution in [3.8, 4) is 5.75 Å². The molecule has 0 unspecified atom stereocenters. The highest BCUT2D eigenvalue weighted by molar-refractivity contribution is 7.89. The van der Waals surface area contributed by atoms with E-state index in [1.54, 1.807) is 19.2 Å². The molecular weight excluding hydrogens is 430 g/mol. The summed E-state index contributed by atoms with van der Waals surface area (Å²) in [6.07, 6.45) is 0. The summed E-state index contributed by atoms with van der Waals surface area (Å²) in [5.74, 6) is 0.301. The minimum atomic E-state index is -3.52. The van der Waals surface area contributed by atoms with Gasteiger partial charge >= 0.3 is 0 Å². The minimum absolute atomic E-state index is 0.0140. The number of para-hydroxylation sites is 1. The van der Waals surface area contributed by atoms with Gasteiger partial charge in [-0.25, -0.2) is 12.7 Å². The van der Waals surface area contributed by atoms with Crippen LogP contribution < -0.4 is 15.4 Å². The lowest BCUT2D eigenvalue weighted by atomic mass is 10.1. The standard InChI is InChI=1S/C23H23N3O5S/c1-26(2)32(28,29)16-10-8-15(9-11-16)25-23(27)14-24-19-13-21-18(12-22(19)30-3)17-6-4-5-7-20(17)31-21/h4-13,24H,14H2,1-3H3,(H,25,27). The molecule has 166 valence electrons. The number of ether oxygens (including phenoxy) is 1. The van der Waals surface area contributed by atoms with Crippen LogP contribution in [0.15, 0.2) is 70.0 Å². The largest absolute Gasteiger partial charge is 0.495 e. The number of hydrogen-bond acceptors (Lipinski definition) is 6. The van der Waals surface area contributed by atoms with Crippen LogP contribution >= 0.6 is 0 Å². The Balaban J connectivity index is 1.47. The smallest absolute Gasteiger partial charge is 0.243 e.